The number of fused-ring (bicyclic) bond motifs is 1. The lowest BCUT2D eigenvalue weighted by atomic mass is 10.1. The summed E-state index contributed by atoms with van der Waals surface area (Å²) in [6, 6.07) is 14.2. The van der Waals surface area contributed by atoms with Crippen LogP contribution in [0.3, 0.4) is 0 Å². The first-order chi connectivity index (χ1) is 10.7. The average molecular weight is 314 g/mol. The van der Waals surface area contributed by atoms with Crippen molar-refractivity contribution >= 4 is 17.7 Å². The van der Waals surface area contributed by atoms with Crippen molar-refractivity contribution in [3.05, 3.63) is 65.0 Å². The van der Waals surface area contributed by atoms with E-state index in [1.165, 1.54) is 40.9 Å². The van der Waals surface area contributed by atoms with Gasteiger partial charge < -0.3 is 0 Å². The molecule has 0 unspecified atom stereocenters. The van der Waals surface area contributed by atoms with Gasteiger partial charge in [0.25, 0.3) is 0 Å². The van der Waals surface area contributed by atoms with E-state index >= 15 is 0 Å². The standard InChI is InChI=1S/C18H17FN2S.H2/c1-12-8-15(10-13-2-6-17(22-19)7-3-13)21-16(9-12)11-18(20-21)14-4-5-14;/h2-3,6-9,11,14H,4-5,10H2,1H3;1H. The maximum absolute atomic E-state index is 12.5. The Hall–Kier alpha value is -1.81. The van der Waals surface area contributed by atoms with Gasteiger partial charge in [-0.25, -0.2) is 4.52 Å². The van der Waals surface area contributed by atoms with E-state index in [2.05, 4.69) is 29.6 Å². The van der Waals surface area contributed by atoms with Crippen molar-refractivity contribution in [2.45, 2.75) is 37.0 Å². The maximum Gasteiger partial charge on any atom is 0.0812 e. The summed E-state index contributed by atoms with van der Waals surface area (Å²) in [4.78, 5) is 0.647. The third-order valence-corrected chi connectivity index (χ3v) is 4.64. The number of benzene rings is 1. The molecular formula is C18H19FN2S. The average Bonchev–Trinajstić information content (AvgIpc) is 3.28. The molecule has 1 aromatic carbocycles. The second-order valence-corrected chi connectivity index (χ2v) is 6.73. The SMILES string of the molecule is Cc1cc(Cc2ccc(SF)cc2)n2nc(C3CC3)cc2c1.[HH]. The number of nitrogens with zero attached hydrogens (tertiary/aromatic N) is 2. The van der Waals surface area contributed by atoms with Crippen LogP contribution in [0, 0.1) is 6.92 Å². The lowest BCUT2D eigenvalue weighted by Gasteiger charge is -2.07. The second-order valence-electron chi connectivity index (χ2n) is 6.10. The minimum atomic E-state index is 0. The number of hydrogen-bond donors (Lipinski definition) is 0. The first kappa shape index (κ1) is 13.8. The topological polar surface area (TPSA) is 17.3 Å². The third kappa shape index (κ3) is 2.63. The number of pyridine rings is 1. The first-order valence-corrected chi connectivity index (χ1v) is 8.31. The molecule has 2 heterocycles. The van der Waals surface area contributed by atoms with E-state index in [9.17, 15) is 3.89 Å². The van der Waals surface area contributed by atoms with E-state index in [4.69, 9.17) is 5.10 Å². The molecule has 3 aromatic rings. The quantitative estimate of drug-likeness (QED) is 0.647. The summed E-state index contributed by atoms with van der Waals surface area (Å²) < 4.78 is 14.6. The van der Waals surface area contributed by atoms with Crippen molar-refractivity contribution in [2.75, 3.05) is 0 Å². The van der Waals surface area contributed by atoms with E-state index in [0.29, 0.717) is 10.8 Å². The van der Waals surface area contributed by atoms with Crippen molar-refractivity contribution in [2.24, 2.45) is 0 Å². The van der Waals surface area contributed by atoms with Gasteiger partial charge in [0, 0.05) is 24.4 Å². The fourth-order valence-corrected chi connectivity index (χ4v) is 3.16. The van der Waals surface area contributed by atoms with Crippen LogP contribution < -0.4 is 0 Å². The predicted octanol–water partition coefficient (Wildman–Crippen LogP) is 5.33. The van der Waals surface area contributed by atoms with Gasteiger partial charge in [-0.1, -0.05) is 12.1 Å². The van der Waals surface area contributed by atoms with E-state index < -0.39 is 0 Å². The molecule has 0 atom stereocenters. The number of aryl methyl sites for hydroxylation is 1. The maximum atomic E-state index is 12.5. The fraction of sp³-hybridized carbons (Fsp3) is 0.278. The van der Waals surface area contributed by atoms with Gasteiger partial charge in [0.1, 0.15) is 0 Å². The Kier molecular flexibility index (Phi) is 3.41. The lowest BCUT2D eigenvalue weighted by molar-refractivity contribution is 0.838. The normalized spacial score (nSPS) is 14.6. The molecule has 0 saturated heterocycles. The Bertz CT molecular complexity index is 825. The van der Waals surface area contributed by atoms with E-state index in [0.717, 1.165) is 6.42 Å². The summed E-state index contributed by atoms with van der Waals surface area (Å²) in [5, 5.41) is 4.80. The Morgan fingerprint density at radius 1 is 1.23 bits per heavy atom. The Balaban J connectivity index is 0.00000156. The van der Waals surface area contributed by atoms with Crippen molar-refractivity contribution in [3.8, 4) is 0 Å². The molecule has 4 heteroatoms. The van der Waals surface area contributed by atoms with Crippen molar-refractivity contribution in [1.29, 1.82) is 0 Å². The molecule has 0 spiro atoms. The molecule has 1 saturated carbocycles. The largest absolute Gasteiger partial charge is 0.237 e. The summed E-state index contributed by atoms with van der Waals surface area (Å²) in [6.45, 7) is 2.12. The molecule has 1 fully saturated rings. The van der Waals surface area contributed by atoms with Crippen molar-refractivity contribution < 1.29 is 5.31 Å². The molecule has 2 aromatic heterocycles. The molecule has 1 aliphatic rings. The van der Waals surface area contributed by atoms with Gasteiger partial charge in [0.15, 0.2) is 0 Å². The monoisotopic (exact) mass is 314 g/mol. The molecule has 114 valence electrons. The van der Waals surface area contributed by atoms with Crippen molar-refractivity contribution in [1.82, 2.24) is 9.61 Å². The van der Waals surface area contributed by atoms with Crippen LogP contribution in [-0.4, -0.2) is 9.61 Å². The smallest absolute Gasteiger partial charge is 0.0812 e. The van der Waals surface area contributed by atoms with Crippen LogP contribution in [0.2, 0.25) is 0 Å². The number of halogens is 1. The number of hydrogen-bond acceptors (Lipinski definition) is 2. The molecule has 0 aliphatic heterocycles. The van der Waals surface area contributed by atoms with E-state index in [1.807, 2.05) is 24.3 Å². The Labute approximate surface area is 135 Å². The molecule has 1 aliphatic carbocycles. The molecule has 2 nitrogen and oxygen atoms in total. The summed E-state index contributed by atoms with van der Waals surface area (Å²) in [7, 11) is 0. The minimum absolute atomic E-state index is 0. The first-order valence-electron chi connectivity index (χ1n) is 7.59. The predicted molar refractivity (Wildman–Crippen MR) is 90.2 cm³/mol. The molecular weight excluding hydrogens is 295 g/mol. The zero-order chi connectivity index (χ0) is 15.1. The van der Waals surface area contributed by atoms with Gasteiger partial charge in [-0.3, -0.25) is 0 Å². The molecule has 0 radical (unpaired) electrons. The Morgan fingerprint density at radius 2 is 2.00 bits per heavy atom. The Morgan fingerprint density at radius 3 is 2.68 bits per heavy atom. The third-order valence-electron chi connectivity index (χ3n) is 4.19. The van der Waals surface area contributed by atoms with Gasteiger partial charge in [-0.15, -0.1) is 0 Å². The van der Waals surface area contributed by atoms with Crippen LogP contribution >= 0.6 is 12.1 Å². The summed E-state index contributed by atoms with van der Waals surface area (Å²) in [5.74, 6) is 0.661. The van der Waals surface area contributed by atoms with Crippen LogP contribution in [0.1, 0.15) is 42.7 Å². The molecule has 22 heavy (non-hydrogen) atoms. The summed E-state index contributed by atoms with van der Waals surface area (Å²) in [5.41, 5.74) is 6.00. The molecule has 0 amide bonds. The van der Waals surface area contributed by atoms with Gasteiger partial charge in [-0.2, -0.15) is 8.98 Å². The molecule has 0 bridgehead atoms. The molecule has 4 rings (SSSR count). The number of rotatable bonds is 4. The minimum Gasteiger partial charge on any atom is -0.237 e. The van der Waals surface area contributed by atoms with Gasteiger partial charge in [-0.05, 0) is 61.2 Å². The van der Waals surface area contributed by atoms with Crippen LogP contribution in [0.25, 0.3) is 5.52 Å². The zero-order valence-electron chi connectivity index (χ0n) is 12.4. The number of aromatic nitrogens is 2. The highest BCUT2D eigenvalue weighted by Crippen LogP contribution is 2.39. The highest BCUT2D eigenvalue weighted by molar-refractivity contribution is 7.94. The van der Waals surface area contributed by atoms with Crippen molar-refractivity contribution in [3.63, 3.8) is 0 Å². The lowest BCUT2D eigenvalue weighted by Crippen LogP contribution is -2.01. The molecule has 0 N–H and O–H groups in total. The fourth-order valence-electron chi connectivity index (χ4n) is 2.92. The highest BCUT2D eigenvalue weighted by atomic mass is 32.2. The van der Waals surface area contributed by atoms with Crippen LogP contribution in [0.5, 0.6) is 0 Å². The summed E-state index contributed by atoms with van der Waals surface area (Å²) >= 11 is 0.285. The van der Waals surface area contributed by atoms with Crippen LogP contribution in [0.15, 0.2) is 47.4 Å². The summed E-state index contributed by atoms with van der Waals surface area (Å²) in [6.07, 6.45) is 3.34. The van der Waals surface area contributed by atoms with Gasteiger partial charge >= 0.3 is 0 Å². The second kappa shape index (κ2) is 5.43. The van der Waals surface area contributed by atoms with E-state index in [1.54, 1.807) is 0 Å². The van der Waals surface area contributed by atoms with E-state index in [-0.39, 0.29) is 13.6 Å². The van der Waals surface area contributed by atoms with Crippen LogP contribution in [0.4, 0.5) is 3.89 Å². The van der Waals surface area contributed by atoms with Gasteiger partial charge in [0.2, 0.25) is 0 Å². The zero-order valence-corrected chi connectivity index (χ0v) is 13.2. The van der Waals surface area contributed by atoms with Gasteiger partial charge in [0.05, 0.1) is 23.4 Å². The van der Waals surface area contributed by atoms with Crippen LogP contribution in [-0.2, 0) is 6.42 Å². The highest BCUT2D eigenvalue weighted by Gasteiger charge is 2.26.